The summed E-state index contributed by atoms with van der Waals surface area (Å²) in [5, 5.41) is 0. The second-order valence-corrected chi connectivity index (χ2v) is 8.16. The number of carbonyl (C=O) groups excluding carboxylic acids is 2. The maximum Gasteiger partial charge on any atom is 0.339 e. The molecule has 0 N–H and O–H groups in total. The average Bonchev–Trinajstić information content (AvgIpc) is 2.79. The molecule has 6 heteroatoms. The zero-order valence-corrected chi connectivity index (χ0v) is 19.7. The molecule has 31 heavy (non-hydrogen) atoms. The predicted molar refractivity (Wildman–Crippen MR) is 125 cm³/mol. The third kappa shape index (κ3) is 9.55. The van der Waals surface area contributed by atoms with Crippen LogP contribution in [0.1, 0.15) is 72.6 Å². The average molecular weight is 491 g/mol. The van der Waals surface area contributed by atoms with Crippen molar-refractivity contribution in [3.05, 3.63) is 64.1 Å². The highest BCUT2D eigenvalue weighted by molar-refractivity contribution is 9.10. The Bertz CT molecular complexity index is 804. The van der Waals surface area contributed by atoms with Gasteiger partial charge >= 0.3 is 11.9 Å². The fourth-order valence-corrected chi connectivity index (χ4v) is 3.31. The van der Waals surface area contributed by atoms with Crippen LogP contribution in [0.15, 0.2) is 53.0 Å². The Morgan fingerprint density at radius 1 is 0.710 bits per heavy atom. The fourth-order valence-electron chi connectivity index (χ4n) is 3.04. The Morgan fingerprint density at radius 3 is 1.87 bits per heavy atom. The van der Waals surface area contributed by atoms with E-state index in [0.29, 0.717) is 12.4 Å². The van der Waals surface area contributed by atoms with E-state index < -0.39 is 11.9 Å². The van der Waals surface area contributed by atoms with Crippen LogP contribution in [0.2, 0.25) is 0 Å². The van der Waals surface area contributed by atoms with Gasteiger partial charge < -0.3 is 14.2 Å². The van der Waals surface area contributed by atoms with Crippen molar-refractivity contribution in [3.63, 3.8) is 0 Å². The molecular formula is C25H31BrO5. The number of hydrogen-bond donors (Lipinski definition) is 0. The van der Waals surface area contributed by atoms with Gasteiger partial charge in [0.2, 0.25) is 0 Å². The van der Waals surface area contributed by atoms with Crippen molar-refractivity contribution >= 4 is 27.9 Å². The number of esters is 2. The summed E-state index contributed by atoms with van der Waals surface area (Å²) >= 11 is 3.36. The molecule has 0 amide bonds. The van der Waals surface area contributed by atoms with Crippen LogP contribution in [0, 0.1) is 0 Å². The van der Waals surface area contributed by atoms with Gasteiger partial charge in [-0.3, -0.25) is 0 Å². The smallest absolute Gasteiger partial charge is 0.339 e. The Kier molecular flexibility index (Phi) is 11.8. The summed E-state index contributed by atoms with van der Waals surface area (Å²) in [6, 6.07) is 13.9. The lowest BCUT2D eigenvalue weighted by Crippen LogP contribution is -2.17. The Morgan fingerprint density at radius 2 is 1.26 bits per heavy atom. The molecule has 0 saturated carbocycles. The van der Waals surface area contributed by atoms with Gasteiger partial charge in [0.1, 0.15) is 19.0 Å². The molecule has 2 aromatic carbocycles. The molecular weight excluding hydrogens is 460 g/mol. The Balaban J connectivity index is 1.73. The molecule has 0 spiro atoms. The van der Waals surface area contributed by atoms with E-state index in [-0.39, 0.29) is 24.3 Å². The third-order valence-electron chi connectivity index (χ3n) is 4.75. The minimum atomic E-state index is -0.567. The van der Waals surface area contributed by atoms with Gasteiger partial charge in [-0.2, -0.15) is 0 Å². The maximum atomic E-state index is 12.4. The zero-order valence-electron chi connectivity index (χ0n) is 18.1. The molecule has 168 valence electrons. The van der Waals surface area contributed by atoms with Crippen molar-refractivity contribution < 1.29 is 23.8 Å². The summed E-state index contributed by atoms with van der Waals surface area (Å²) < 4.78 is 17.1. The van der Waals surface area contributed by atoms with Crippen LogP contribution in [0.5, 0.6) is 5.75 Å². The van der Waals surface area contributed by atoms with Gasteiger partial charge in [0.15, 0.2) is 0 Å². The summed E-state index contributed by atoms with van der Waals surface area (Å²) in [4.78, 5) is 24.9. The minimum absolute atomic E-state index is 0.0797. The molecule has 0 atom stereocenters. The summed E-state index contributed by atoms with van der Waals surface area (Å²) in [5.74, 6) is -0.374. The van der Waals surface area contributed by atoms with E-state index in [2.05, 4.69) is 22.9 Å². The largest absolute Gasteiger partial charge is 0.490 e. The zero-order chi connectivity index (χ0) is 22.3. The van der Waals surface area contributed by atoms with Crippen molar-refractivity contribution in [3.8, 4) is 5.75 Å². The monoisotopic (exact) mass is 490 g/mol. The van der Waals surface area contributed by atoms with Gasteiger partial charge in [-0.25, -0.2) is 9.59 Å². The molecule has 0 fully saturated rings. The summed E-state index contributed by atoms with van der Waals surface area (Å²) in [6.07, 6.45) is 8.03. The normalized spacial score (nSPS) is 10.5. The van der Waals surface area contributed by atoms with Crippen molar-refractivity contribution in [1.29, 1.82) is 0 Å². The van der Waals surface area contributed by atoms with E-state index in [1.54, 1.807) is 24.3 Å². The summed E-state index contributed by atoms with van der Waals surface area (Å²) in [6.45, 7) is 2.86. The van der Waals surface area contributed by atoms with Crippen LogP contribution in [0.25, 0.3) is 0 Å². The second kappa shape index (κ2) is 14.6. The first kappa shape index (κ1) is 24.9. The highest BCUT2D eigenvalue weighted by atomic mass is 79.9. The first-order valence-electron chi connectivity index (χ1n) is 10.9. The minimum Gasteiger partial charge on any atom is -0.490 e. The van der Waals surface area contributed by atoms with Gasteiger partial charge in [0.25, 0.3) is 0 Å². The topological polar surface area (TPSA) is 61.8 Å². The van der Waals surface area contributed by atoms with Gasteiger partial charge in [-0.1, -0.05) is 73.5 Å². The van der Waals surface area contributed by atoms with E-state index in [1.165, 1.54) is 25.7 Å². The lowest BCUT2D eigenvalue weighted by atomic mass is 10.1. The highest BCUT2D eigenvalue weighted by Gasteiger charge is 2.18. The van der Waals surface area contributed by atoms with E-state index in [4.69, 9.17) is 14.2 Å². The Hall–Kier alpha value is -2.34. The number of hydrogen-bond acceptors (Lipinski definition) is 5. The second-order valence-electron chi connectivity index (χ2n) is 7.24. The van der Waals surface area contributed by atoms with Crippen molar-refractivity contribution in [2.75, 3.05) is 19.8 Å². The summed E-state index contributed by atoms with van der Waals surface area (Å²) in [7, 11) is 0. The molecule has 0 unspecified atom stereocenters. The lowest BCUT2D eigenvalue weighted by molar-refractivity contribution is 0.0422. The standard InChI is InChI=1S/C25H31BrO5/c1-2-3-4-5-6-7-10-17-30-24(27)22-11-8-9-12-23(22)25(28)31-19-18-29-21-15-13-20(26)14-16-21/h8-9,11-16H,2-7,10,17-19H2,1H3. The number of carbonyl (C=O) groups is 2. The maximum absolute atomic E-state index is 12.4. The van der Waals surface area contributed by atoms with Gasteiger partial charge in [0, 0.05) is 4.47 Å². The number of halogens is 1. The SMILES string of the molecule is CCCCCCCCCOC(=O)c1ccccc1C(=O)OCCOc1ccc(Br)cc1. The summed E-state index contributed by atoms with van der Waals surface area (Å²) in [5.41, 5.74) is 0.431. The van der Waals surface area contributed by atoms with Crippen molar-refractivity contribution in [2.45, 2.75) is 51.9 Å². The third-order valence-corrected chi connectivity index (χ3v) is 5.28. The first-order valence-corrected chi connectivity index (χ1v) is 11.7. The quantitative estimate of drug-likeness (QED) is 0.220. The molecule has 0 aliphatic heterocycles. The van der Waals surface area contributed by atoms with Crippen LogP contribution < -0.4 is 4.74 Å². The molecule has 0 aliphatic rings. The van der Waals surface area contributed by atoms with Crippen molar-refractivity contribution in [2.24, 2.45) is 0 Å². The number of benzene rings is 2. The molecule has 0 radical (unpaired) electrons. The number of ether oxygens (including phenoxy) is 3. The van der Waals surface area contributed by atoms with Crippen LogP contribution >= 0.6 is 15.9 Å². The van der Waals surface area contributed by atoms with E-state index >= 15 is 0 Å². The predicted octanol–water partition coefficient (Wildman–Crippen LogP) is 6.59. The van der Waals surface area contributed by atoms with Crippen molar-refractivity contribution in [1.82, 2.24) is 0 Å². The van der Waals surface area contributed by atoms with Crippen LogP contribution in [0.3, 0.4) is 0 Å². The first-order chi connectivity index (χ1) is 15.1. The number of rotatable bonds is 14. The molecule has 0 aliphatic carbocycles. The molecule has 0 heterocycles. The van der Waals surface area contributed by atoms with E-state index in [0.717, 1.165) is 23.7 Å². The van der Waals surface area contributed by atoms with Crippen LogP contribution in [-0.2, 0) is 9.47 Å². The molecule has 0 saturated heterocycles. The fraction of sp³-hybridized carbons (Fsp3) is 0.440. The molecule has 2 aromatic rings. The van der Waals surface area contributed by atoms with Gasteiger partial charge in [0.05, 0.1) is 17.7 Å². The van der Waals surface area contributed by atoms with Crippen LogP contribution in [0.4, 0.5) is 0 Å². The van der Waals surface area contributed by atoms with Gasteiger partial charge in [-0.15, -0.1) is 0 Å². The van der Waals surface area contributed by atoms with Crippen LogP contribution in [-0.4, -0.2) is 31.8 Å². The highest BCUT2D eigenvalue weighted by Crippen LogP contribution is 2.16. The lowest BCUT2D eigenvalue weighted by Gasteiger charge is -2.10. The molecule has 2 rings (SSSR count). The number of unbranched alkanes of at least 4 members (excludes halogenated alkanes) is 6. The van der Waals surface area contributed by atoms with Gasteiger partial charge in [-0.05, 0) is 42.8 Å². The van der Waals surface area contributed by atoms with E-state index in [1.807, 2.05) is 24.3 Å². The Labute approximate surface area is 193 Å². The molecule has 5 nitrogen and oxygen atoms in total. The molecule has 0 aromatic heterocycles. The van der Waals surface area contributed by atoms with E-state index in [9.17, 15) is 9.59 Å². The molecule has 0 bridgehead atoms.